The fraction of sp³-hybridized carbons (Fsp3) is 0.571. The second kappa shape index (κ2) is 5.63. The maximum atomic E-state index is 6.05. The maximum Gasteiger partial charge on any atom is 0.224 e. The van der Waals surface area contributed by atoms with Crippen LogP contribution in [0.4, 0.5) is 5.82 Å². The monoisotopic (exact) mass is 295 g/mol. The third kappa shape index (κ3) is 2.70. The number of nitrogens with zero attached hydrogens (tertiary/aromatic N) is 3. The molecule has 2 aromatic heterocycles. The summed E-state index contributed by atoms with van der Waals surface area (Å²) in [6.07, 6.45) is 7.88. The minimum absolute atomic E-state index is 0.348. The van der Waals surface area contributed by atoms with Gasteiger partial charge in [-0.15, -0.1) is 11.3 Å². The van der Waals surface area contributed by atoms with Gasteiger partial charge in [-0.05, 0) is 35.9 Å². The highest BCUT2D eigenvalue weighted by Crippen LogP contribution is 2.32. The van der Waals surface area contributed by atoms with Crippen molar-refractivity contribution in [2.24, 2.45) is 0 Å². The van der Waals surface area contributed by atoms with Crippen molar-refractivity contribution < 1.29 is 0 Å². The van der Waals surface area contributed by atoms with Crippen molar-refractivity contribution in [1.82, 2.24) is 9.97 Å². The van der Waals surface area contributed by atoms with E-state index in [1.54, 1.807) is 11.3 Å². The Bertz CT molecular complexity index is 561. The standard InChI is InChI=1S/C14H18ClN3S/c1-18(10-6-4-2-3-5-7-10)13-12-11(8-9-19-12)16-14(15)17-13/h8-10H,2-7H2,1H3. The van der Waals surface area contributed by atoms with E-state index in [-0.39, 0.29) is 0 Å². The lowest BCUT2D eigenvalue weighted by molar-refractivity contribution is 0.550. The molecule has 0 N–H and O–H groups in total. The van der Waals surface area contributed by atoms with Crippen molar-refractivity contribution in [3.63, 3.8) is 0 Å². The van der Waals surface area contributed by atoms with E-state index >= 15 is 0 Å². The molecule has 3 nitrogen and oxygen atoms in total. The van der Waals surface area contributed by atoms with Gasteiger partial charge in [0.15, 0.2) is 5.82 Å². The van der Waals surface area contributed by atoms with Crippen LogP contribution in [0.5, 0.6) is 0 Å². The molecule has 5 heteroatoms. The fourth-order valence-corrected chi connectivity index (χ4v) is 3.91. The van der Waals surface area contributed by atoms with Crippen molar-refractivity contribution >= 4 is 39.0 Å². The van der Waals surface area contributed by atoms with E-state index in [9.17, 15) is 0 Å². The Morgan fingerprint density at radius 2 is 1.95 bits per heavy atom. The number of rotatable bonds is 2. The second-order valence-corrected chi connectivity index (χ2v) is 6.46. The summed E-state index contributed by atoms with van der Waals surface area (Å²) >= 11 is 7.75. The number of anilines is 1. The zero-order valence-corrected chi connectivity index (χ0v) is 12.7. The Hall–Kier alpha value is -0.870. The molecule has 0 spiro atoms. The fourth-order valence-electron chi connectivity index (χ4n) is 2.88. The average molecular weight is 296 g/mol. The Kier molecular flexibility index (Phi) is 3.89. The molecule has 1 aliphatic rings. The number of hydrogen-bond donors (Lipinski definition) is 0. The largest absolute Gasteiger partial charge is 0.355 e. The molecule has 1 aliphatic carbocycles. The zero-order chi connectivity index (χ0) is 13.2. The van der Waals surface area contributed by atoms with Crippen LogP contribution in [0.1, 0.15) is 38.5 Å². The quantitative estimate of drug-likeness (QED) is 0.603. The lowest BCUT2D eigenvalue weighted by Crippen LogP contribution is -2.31. The summed E-state index contributed by atoms with van der Waals surface area (Å²) in [7, 11) is 2.15. The average Bonchev–Trinajstić information content (AvgIpc) is 2.70. The zero-order valence-electron chi connectivity index (χ0n) is 11.1. The maximum absolute atomic E-state index is 6.05. The summed E-state index contributed by atoms with van der Waals surface area (Å²) in [4.78, 5) is 11.1. The van der Waals surface area contributed by atoms with E-state index in [0.717, 1.165) is 16.0 Å². The van der Waals surface area contributed by atoms with Crippen LogP contribution in [0.2, 0.25) is 5.28 Å². The van der Waals surface area contributed by atoms with Gasteiger partial charge in [0.05, 0.1) is 10.2 Å². The van der Waals surface area contributed by atoms with Crippen LogP contribution in [-0.2, 0) is 0 Å². The highest BCUT2D eigenvalue weighted by molar-refractivity contribution is 7.17. The van der Waals surface area contributed by atoms with Gasteiger partial charge in [0.25, 0.3) is 0 Å². The molecule has 2 aromatic rings. The van der Waals surface area contributed by atoms with Crippen molar-refractivity contribution in [3.05, 3.63) is 16.7 Å². The molecule has 0 radical (unpaired) electrons. The number of thiophene rings is 1. The Labute approximate surface area is 122 Å². The molecule has 102 valence electrons. The van der Waals surface area contributed by atoms with Crippen molar-refractivity contribution in [1.29, 1.82) is 0 Å². The van der Waals surface area contributed by atoms with Crippen LogP contribution in [0, 0.1) is 0 Å². The smallest absolute Gasteiger partial charge is 0.224 e. The van der Waals surface area contributed by atoms with E-state index in [0.29, 0.717) is 11.3 Å². The highest BCUT2D eigenvalue weighted by Gasteiger charge is 2.21. The van der Waals surface area contributed by atoms with Crippen molar-refractivity contribution in [3.8, 4) is 0 Å². The minimum atomic E-state index is 0.348. The van der Waals surface area contributed by atoms with Crippen molar-refractivity contribution in [2.75, 3.05) is 11.9 Å². The summed E-state index contributed by atoms with van der Waals surface area (Å²) in [6.45, 7) is 0. The summed E-state index contributed by atoms with van der Waals surface area (Å²) in [6, 6.07) is 2.59. The molecule has 2 heterocycles. The Morgan fingerprint density at radius 3 is 2.68 bits per heavy atom. The molecule has 0 saturated heterocycles. The van der Waals surface area contributed by atoms with Gasteiger partial charge in [0, 0.05) is 13.1 Å². The SMILES string of the molecule is CN(c1nc(Cl)nc2ccsc12)C1CCCCCC1. The predicted molar refractivity (Wildman–Crippen MR) is 82.3 cm³/mol. The number of hydrogen-bond acceptors (Lipinski definition) is 4. The van der Waals surface area contributed by atoms with E-state index in [1.165, 1.54) is 38.5 Å². The topological polar surface area (TPSA) is 29.0 Å². The summed E-state index contributed by atoms with van der Waals surface area (Å²) in [5.74, 6) is 0.997. The first-order chi connectivity index (χ1) is 9.25. The lowest BCUT2D eigenvalue weighted by Gasteiger charge is -2.28. The Balaban J connectivity index is 1.95. The van der Waals surface area contributed by atoms with Crippen LogP contribution in [0.25, 0.3) is 10.2 Å². The van der Waals surface area contributed by atoms with Gasteiger partial charge >= 0.3 is 0 Å². The van der Waals surface area contributed by atoms with Gasteiger partial charge in [0.2, 0.25) is 5.28 Å². The van der Waals surface area contributed by atoms with E-state index < -0.39 is 0 Å². The molecule has 0 unspecified atom stereocenters. The number of fused-ring (bicyclic) bond motifs is 1. The van der Waals surface area contributed by atoms with E-state index in [4.69, 9.17) is 11.6 Å². The van der Waals surface area contributed by atoms with E-state index in [1.807, 2.05) is 6.07 Å². The molecule has 0 aliphatic heterocycles. The Morgan fingerprint density at radius 1 is 1.21 bits per heavy atom. The molecule has 1 saturated carbocycles. The van der Waals surface area contributed by atoms with Gasteiger partial charge < -0.3 is 4.90 Å². The van der Waals surface area contributed by atoms with Gasteiger partial charge in [-0.25, -0.2) is 4.98 Å². The molecule has 0 amide bonds. The number of aromatic nitrogens is 2. The first kappa shape index (κ1) is 13.1. The first-order valence-electron chi connectivity index (χ1n) is 6.89. The van der Waals surface area contributed by atoms with E-state index in [2.05, 4.69) is 27.3 Å². The van der Waals surface area contributed by atoms with Gasteiger partial charge in [0.1, 0.15) is 0 Å². The normalized spacial score (nSPS) is 17.6. The molecule has 1 fully saturated rings. The van der Waals surface area contributed by atoms with Crippen LogP contribution >= 0.6 is 22.9 Å². The number of halogens is 1. The summed E-state index contributed by atoms with van der Waals surface area (Å²) < 4.78 is 1.15. The minimum Gasteiger partial charge on any atom is -0.355 e. The molecule has 0 bridgehead atoms. The molecule has 0 aromatic carbocycles. The van der Waals surface area contributed by atoms with Crippen LogP contribution in [0.3, 0.4) is 0 Å². The molecular weight excluding hydrogens is 278 g/mol. The molecule has 19 heavy (non-hydrogen) atoms. The summed E-state index contributed by atoms with van der Waals surface area (Å²) in [5, 5.41) is 2.40. The van der Waals surface area contributed by atoms with Crippen LogP contribution in [-0.4, -0.2) is 23.1 Å². The van der Waals surface area contributed by atoms with Gasteiger partial charge in [-0.3, -0.25) is 0 Å². The third-order valence-electron chi connectivity index (χ3n) is 3.96. The molecular formula is C14H18ClN3S. The lowest BCUT2D eigenvalue weighted by atomic mass is 10.1. The van der Waals surface area contributed by atoms with Crippen LogP contribution in [0.15, 0.2) is 11.4 Å². The first-order valence-corrected chi connectivity index (χ1v) is 8.15. The predicted octanol–water partition coefficient (Wildman–Crippen LogP) is 4.50. The van der Waals surface area contributed by atoms with Crippen LogP contribution < -0.4 is 4.90 Å². The molecule has 3 rings (SSSR count). The highest BCUT2D eigenvalue weighted by atomic mass is 35.5. The summed E-state index contributed by atoms with van der Waals surface area (Å²) in [5.41, 5.74) is 0.959. The molecule has 0 atom stereocenters. The third-order valence-corrected chi connectivity index (χ3v) is 5.03. The van der Waals surface area contributed by atoms with Gasteiger partial charge in [-0.1, -0.05) is 25.7 Å². The second-order valence-electron chi connectivity index (χ2n) is 5.21. The van der Waals surface area contributed by atoms with Gasteiger partial charge in [-0.2, -0.15) is 4.98 Å². The van der Waals surface area contributed by atoms with Crippen molar-refractivity contribution in [2.45, 2.75) is 44.6 Å².